The highest BCUT2D eigenvalue weighted by atomic mass is 16.5. The molecule has 5 heteroatoms. The van der Waals surface area contributed by atoms with E-state index in [4.69, 9.17) is 9.72 Å². The van der Waals surface area contributed by atoms with Crippen LogP contribution in [0.3, 0.4) is 0 Å². The molecule has 3 aromatic heterocycles. The molecule has 5 nitrogen and oxygen atoms in total. The van der Waals surface area contributed by atoms with Gasteiger partial charge in [0.1, 0.15) is 11.6 Å². The summed E-state index contributed by atoms with van der Waals surface area (Å²) in [7, 11) is 0. The van der Waals surface area contributed by atoms with Crippen LogP contribution in [0.15, 0.2) is 122 Å². The molecule has 1 atom stereocenters. The number of aromatic nitrogens is 3. The first-order chi connectivity index (χ1) is 21.1. The number of para-hydroxylation sites is 1. The molecule has 43 heavy (non-hydrogen) atoms. The van der Waals surface area contributed by atoms with Crippen molar-refractivity contribution < 1.29 is 4.74 Å². The predicted octanol–water partition coefficient (Wildman–Crippen LogP) is 9.05. The summed E-state index contributed by atoms with van der Waals surface area (Å²) in [5, 5.41) is 6.18. The summed E-state index contributed by atoms with van der Waals surface area (Å²) < 4.78 is 8.81. The molecule has 7 aromatic rings. The lowest BCUT2D eigenvalue weighted by Gasteiger charge is -2.23. The van der Waals surface area contributed by atoms with Crippen molar-refractivity contribution in [2.75, 3.05) is 5.32 Å². The molecule has 0 amide bonds. The zero-order chi connectivity index (χ0) is 28.7. The molecule has 1 aliphatic carbocycles. The summed E-state index contributed by atoms with van der Waals surface area (Å²) >= 11 is 0. The zero-order valence-electron chi connectivity index (χ0n) is 23.9. The monoisotopic (exact) mass is 556 g/mol. The lowest BCUT2D eigenvalue weighted by molar-refractivity contribution is 0.260. The van der Waals surface area contributed by atoms with Crippen LogP contribution in [0.5, 0.6) is 5.75 Å². The maximum atomic E-state index is 6.46. The van der Waals surface area contributed by atoms with Crippen LogP contribution in [0, 0.1) is 0 Å². The molecule has 0 fully saturated rings. The van der Waals surface area contributed by atoms with E-state index in [1.165, 1.54) is 38.5 Å². The molecule has 0 saturated carbocycles. The Morgan fingerprint density at radius 2 is 1.65 bits per heavy atom. The highest BCUT2D eigenvalue weighted by Crippen LogP contribution is 2.58. The fraction of sp³-hybridized carbons (Fsp3) is 0.105. The van der Waals surface area contributed by atoms with Gasteiger partial charge < -0.3 is 10.1 Å². The first kappa shape index (κ1) is 24.2. The van der Waals surface area contributed by atoms with E-state index in [0.29, 0.717) is 0 Å². The van der Waals surface area contributed by atoms with Gasteiger partial charge in [-0.15, -0.1) is 0 Å². The van der Waals surface area contributed by atoms with Crippen molar-refractivity contribution in [3.63, 3.8) is 0 Å². The average Bonchev–Trinajstić information content (AvgIpc) is 3.70. The number of hydrogen-bond donors (Lipinski definition) is 1. The fourth-order valence-electron chi connectivity index (χ4n) is 7.20. The van der Waals surface area contributed by atoms with E-state index >= 15 is 0 Å². The third-order valence-electron chi connectivity index (χ3n) is 9.11. The molecule has 9 rings (SSSR count). The highest BCUT2D eigenvalue weighted by molar-refractivity contribution is 6.16. The molecule has 0 bridgehead atoms. The van der Waals surface area contributed by atoms with E-state index in [1.807, 2.05) is 18.3 Å². The third kappa shape index (κ3) is 3.39. The van der Waals surface area contributed by atoms with Crippen LogP contribution in [-0.4, -0.2) is 14.5 Å². The second kappa shape index (κ2) is 8.79. The van der Waals surface area contributed by atoms with Crippen molar-refractivity contribution in [2.24, 2.45) is 0 Å². The van der Waals surface area contributed by atoms with Crippen LogP contribution in [0.2, 0.25) is 0 Å². The van der Waals surface area contributed by atoms with Crippen LogP contribution in [0.25, 0.3) is 50.0 Å². The van der Waals surface area contributed by atoms with Gasteiger partial charge in [-0.05, 0) is 53.1 Å². The smallest absolute Gasteiger partial charge is 0.196 e. The number of anilines is 1. The topological polar surface area (TPSA) is 52.0 Å². The molecule has 0 spiro atoms. The Morgan fingerprint density at radius 1 is 0.791 bits per heavy atom. The summed E-state index contributed by atoms with van der Waals surface area (Å²) in [6.07, 6.45) is 3.45. The Hall–Kier alpha value is -5.42. The maximum absolute atomic E-state index is 6.46. The SMILES string of the molecule is CC1(C)c2ccc3c4ccccc4n(-c4cccc(-c5cccnc5)n4)c3c2-c2ccc3c(c21)NC(c1ccccc1)O3. The molecule has 0 radical (unpaired) electrons. The van der Waals surface area contributed by atoms with Gasteiger partial charge in [-0.2, -0.15) is 0 Å². The van der Waals surface area contributed by atoms with Crippen molar-refractivity contribution in [3.05, 3.63) is 138 Å². The second-order valence-corrected chi connectivity index (χ2v) is 11.9. The summed E-state index contributed by atoms with van der Waals surface area (Å²) in [6.45, 7) is 4.66. The zero-order valence-corrected chi connectivity index (χ0v) is 23.9. The number of pyridine rings is 2. The van der Waals surface area contributed by atoms with Crippen LogP contribution >= 0.6 is 0 Å². The van der Waals surface area contributed by atoms with Gasteiger partial charge >= 0.3 is 0 Å². The minimum absolute atomic E-state index is 0.215. The van der Waals surface area contributed by atoms with Crippen molar-refractivity contribution in [1.82, 2.24) is 14.5 Å². The summed E-state index contributed by atoms with van der Waals surface area (Å²) in [4.78, 5) is 9.53. The Morgan fingerprint density at radius 3 is 2.51 bits per heavy atom. The van der Waals surface area contributed by atoms with Crippen LogP contribution < -0.4 is 10.1 Å². The second-order valence-electron chi connectivity index (χ2n) is 11.9. The van der Waals surface area contributed by atoms with Crippen molar-refractivity contribution in [3.8, 4) is 34.0 Å². The van der Waals surface area contributed by atoms with Gasteiger partial charge in [0, 0.05) is 45.3 Å². The van der Waals surface area contributed by atoms with Crippen LogP contribution in [0.4, 0.5) is 5.69 Å². The fourth-order valence-corrected chi connectivity index (χ4v) is 7.20. The summed E-state index contributed by atoms with van der Waals surface area (Å²) in [5.41, 5.74) is 11.3. The number of benzene rings is 4. The molecule has 2 aliphatic rings. The lowest BCUT2D eigenvalue weighted by atomic mass is 9.81. The molecule has 206 valence electrons. The Bertz CT molecular complexity index is 2220. The van der Waals surface area contributed by atoms with E-state index in [2.05, 4.69) is 126 Å². The first-order valence-electron chi connectivity index (χ1n) is 14.7. The molecule has 4 aromatic carbocycles. The number of hydrogen-bond acceptors (Lipinski definition) is 4. The number of nitrogens with one attached hydrogen (secondary N) is 1. The standard InChI is InChI=1S/C38H28N4O/c1-38(2)28-19-17-26-25-13-6-7-15-30(25)42(32-16-8-14-29(40-32)24-12-9-21-39-22-24)36(26)33(28)27-18-20-31-35(34(27)38)41-37(43-31)23-10-4-3-5-11-23/h3-22,37,41H,1-2H3. The molecule has 0 saturated heterocycles. The number of ether oxygens (including phenoxy) is 1. The quantitative estimate of drug-likeness (QED) is 0.236. The van der Waals surface area contributed by atoms with Gasteiger partial charge in [0.15, 0.2) is 6.23 Å². The van der Waals surface area contributed by atoms with Gasteiger partial charge in [0.05, 0.1) is 22.4 Å². The van der Waals surface area contributed by atoms with Gasteiger partial charge in [-0.3, -0.25) is 9.55 Å². The number of nitrogens with zero attached hydrogens (tertiary/aromatic N) is 3. The minimum atomic E-state index is -0.238. The molecular weight excluding hydrogens is 528 g/mol. The van der Waals surface area contributed by atoms with Gasteiger partial charge in [0.2, 0.25) is 0 Å². The summed E-state index contributed by atoms with van der Waals surface area (Å²) in [5.74, 6) is 1.79. The number of fused-ring (bicyclic) bond motifs is 9. The predicted molar refractivity (Wildman–Crippen MR) is 173 cm³/mol. The highest BCUT2D eigenvalue weighted by Gasteiger charge is 2.42. The Kier molecular flexibility index (Phi) is 4.95. The summed E-state index contributed by atoms with van der Waals surface area (Å²) in [6, 6.07) is 38.3. The van der Waals surface area contributed by atoms with Gasteiger partial charge in [-0.1, -0.05) is 86.6 Å². The molecular formula is C38H28N4O. The van der Waals surface area contributed by atoms with E-state index in [9.17, 15) is 0 Å². The Balaban J connectivity index is 1.31. The largest absolute Gasteiger partial charge is 0.464 e. The van der Waals surface area contributed by atoms with Gasteiger partial charge in [0.25, 0.3) is 0 Å². The molecule has 1 unspecified atom stereocenters. The first-order valence-corrected chi connectivity index (χ1v) is 14.7. The number of rotatable bonds is 3. The lowest BCUT2D eigenvalue weighted by Crippen LogP contribution is -2.17. The van der Waals surface area contributed by atoms with E-state index in [1.54, 1.807) is 6.20 Å². The molecule has 1 aliphatic heterocycles. The average molecular weight is 557 g/mol. The third-order valence-corrected chi connectivity index (χ3v) is 9.11. The van der Waals surface area contributed by atoms with Crippen LogP contribution in [0.1, 0.15) is 36.8 Å². The minimum Gasteiger partial charge on any atom is -0.464 e. The normalized spacial score (nSPS) is 16.0. The van der Waals surface area contributed by atoms with Crippen LogP contribution in [-0.2, 0) is 5.41 Å². The van der Waals surface area contributed by atoms with E-state index in [-0.39, 0.29) is 11.6 Å². The maximum Gasteiger partial charge on any atom is 0.196 e. The van der Waals surface area contributed by atoms with Crippen molar-refractivity contribution >= 4 is 27.5 Å². The Labute approximate surface area is 249 Å². The van der Waals surface area contributed by atoms with Gasteiger partial charge in [-0.25, -0.2) is 4.98 Å². The van der Waals surface area contributed by atoms with E-state index < -0.39 is 0 Å². The molecule has 4 heterocycles. The van der Waals surface area contributed by atoms with Crippen molar-refractivity contribution in [2.45, 2.75) is 25.5 Å². The van der Waals surface area contributed by atoms with Crippen molar-refractivity contribution in [1.29, 1.82) is 0 Å². The molecule has 1 N–H and O–H groups in total. The van der Waals surface area contributed by atoms with E-state index in [0.717, 1.165) is 39.6 Å².